The molecule has 188 valence electrons. The smallest absolute Gasteiger partial charge is 0.255 e. The van der Waals surface area contributed by atoms with Crippen molar-refractivity contribution in [1.82, 2.24) is 14.7 Å². The highest BCUT2D eigenvalue weighted by molar-refractivity contribution is 7.10. The number of nitrogens with zero attached hydrogens (tertiary/aromatic N) is 3. The fourth-order valence-corrected chi connectivity index (χ4v) is 6.58. The molecular formula is C27H26Cl2FN3O2S. The summed E-state index contributed by atoms with van der Waals surface area (Å²) >= 11 is 13.9. The number of piperazine rings is 1. The van der Waals surface area contributed by atoms with Gasteiger partial charge in [-0.05, 0) is 66.2 Å². The molecule has 0 N–H and O–H groups in total. The number of benzene rings is 2. The van der Waals surface area contributed by atoms with E-state index in [0.29, 0.717) is 35.2 Å². The topological polar surface area (TPSA) is 43.9 Å². The van der Waals surface area contributed by atoms with Gasteiger partial charge in [0, 0.05) is 42.1 Å². The Balaban J connectivity index is 1.28. The van der Waals surface area contributed by atoms with Crippen LogP contribution in [0.5, 0.6) is 0 Å². The summed E-state index contributed by atoms with van der Waals surface area (Å²) in [6, 6.07) is 13.3. The van der Waals surface area contributed by atoms with E-state index >= 15 is 0 Å². The molecule has 2 aliphatic heterocycles. The van der Waals surface area contributed by atoms with Gasteiger partial charge in [-0.25, -0.2) is 4.39 Å². The fraction of sp³-hybridized carbons (Fsp3) is 0.333. The first-order valence-electron chi connectivity index (χ1n) is 11.9. The molecule has 0 radical (unpaired) electrons. The molecule has 1 saturated heterocycles. The molecule has 2 amide bonds. The normalized spacial score (nSPS) is 20.3. The molecule has 3 heterocycles. The predicted molar refractivity (Wildman–Crippen MR) is 141 cm³/mol. The summed E-state index contributed by atoms with van der Waals surface area (Å²) in [6.45, 7) is 4.21. The molecule has 0 bridgehead atoms. The Bertz CT molecular complexity index is 1300. The second-order valence-corrected chi connectivity index (χ2v) is 11.1. The van der Waals surface area contributed by atoms with Crippen molar-refractivity contribution in [2.75, 3.05) is 32.7 Å². The lowest BCUT2D eigenvalue weighted by Crippen LogP contribution is -2.57. The summed E-state index contributed by atoms with van der Waals surface area (Å²) in [4.78, 5) is 33.5. The first kappa shape index (κ1) is 25.2. The Morgan fingerprint density at radius 1 is 1.08 bits per heavy atom. The van der Waals surface area contributed by atoms with Crippen LogP contribution in [-0.2, 0) is 11.2 Å². The first-order valence-corrected chi connectivity index (χ1v) is 13.5. The van der Waals surface area contributed by atoms with Crippen molar-refractivity contribution in [1.29, 1.82) is 0 Å². The summed E-state index contributed by atoms with van der Waals surface area (Å²) in [5, 5.41) is 2.86. The number of rotatable bonds is 4. The molecule has 0 spiro atoms. The van der Waals surface area contributed by atoms with Crippen LogP contribution in [0, 0.1) is 5.82 Å². The summed E-state index contributed by atoms with van der Waals surface area (Å²) in [6.07, 6.45) is 0.868. The summed E-state index contributed by atoms with van der Waals surface area (Å²) < 4.78 is 14.1. The summed E-state index contributed by atoms with van der Waals surface area (Å²) in [5.41, 5.74) is 2.41. The third-order valence-corrected chi connectivity index (χ3v) is 8.52. The van der Waals surface area contributed by atoms with Gasteiger partial charge in [0.15, 0.2) is 0 Å². The van der Waals surface area contributed by atoms with Crippen LogP contribution in [0.15, 0.2) is 53.9 Å². The number of halogens is 3. The van der Waals surface area contributed by atoms with Gasteiger partial charge in [0.1, 0.15) is 5.82 Å². The number of hydrogen-bond donors (Lipinski definition) is 0. The zero-order valence-electron chi connectivity index (χ0n) is 19.8. The monoisotopic (exact) mass is 545 g/mol. The summed E-state index contributed by atoms with van der Waals surface area (Å²) in [7, 11) is 0. The number of carbonyl (C=O) groups is 2. The maximum atomic E-state index is 14.1. The van der Waals surface area contributed by atoms with Crippen molar-refractivity contribution in [3.05, 3.63) is 91.3 Å². The van der Waals surface area contributed by atoms with Crippen LogP contribution in [0.3, 0.4) is 0 Å². The molecule has 1 aromatic heterocycles. The van der Waals surface area contributed by atoms with Crippen LogP contribution < -0.4 is 0 Å². The molecule has 0 unspecified atom stereocenters. The van der Waals surface area contributed by atoms with Gasteiger partial charge >= 0.3 is 0 Å². The average Bonchev–Trinajstić information content (AvgIpc) is 3.32. The van der Waals surface area contributed by atoms with E-state index in [9.17, 15) is 14.0 Å². The third-order valence-electron chi connectivity index (χ3n) is 6.97. The molecule has 9 heteroatoms. The lowest BCUT2D eigenvalue weighted by atomic mass is 9.93. The van der Waals surface area contributed by atoms with Crippen molar-refractivity contribution < 1.29 is 14.0 Å². The van der Waals surface area contributed by atoms with E-state index in [4.69, 9.17) is 23.2 Å². The molecule has 5 rings (SSSR count). The molecular weight excluding hydrogens is 520 g/mol. The lowest BCUT2D eigenvalue weighted by Gasteiger charge is -2.42. The van der Waals surface area contributed by atoms with E-state index in [1.54, 1.807) is 46.6 Å². The quantitative estimate of drug-likeness (QED) is 0.433. The number of thiophene rings is 1. The Hall–Kier alpha value is -2.45. The Morgan fingerprint density at radius 3 is 2.67 bits per heavy atom. The minimum atomic E-state index is -0.281. The highest BCUT2D eigenvalue weighted by Crippen LogP contribution is 2.38. The first-order chi connectivity index (χ1) is 17.3. The zero-order chi connectivity index (χ0) is 25.4. The molecule has 36 heavy (non-hydrogen) atoms. The van der Waals surface area contributed by atoms with Gasteiger partial charge < -0.3 is 9.80 Å². The maximum Gasteiger partial charge on any atom is 0.255 e. The van der Waals surface area contributed by atoms with Gasteiger partial charge in [-0.2, -0.15) is 0 Å². The number of amides is 2. The highest BCUT2D eigenvalue weighted by Gasteiger charge is 2.35. The molecule has 1 fully saturated rings. The van der Waals surface area contributed by atoms with Crippen LogP contribution in [0.4, 0.5) is 4.39 Å². The standard InChI is InChI=1S/C27H26Cl2FN3O2S/c1-17-15-31(10-11-33(17)27(35)21-6-5-19(28)14-23(21)29)25(34)16-32-9-7-24-22(8-12-36-24)26(32)18-3-2-4-20(30)13-18/h2-6,8,12-14,17,26H,7,9-11,15-16H2,1H3/t17-,26+/m1/s1. The SMILES string of the molecule is C[C@@H]1CN(C(=O)CN2CCc3sccc3[C@@H]2c2cccc(F)c2)CCN1C(=O)c1ccc(Cl)cc1Cl. The molecule has 2 aromatic carbocycles. The van der Waals surface area contributed by atoms with Crippen molar-refractivity contribution in [2.24, 2.45) is 0 Å². The number of fused-ring (bicyclic) bond motifs is 1. The van der Waals surface area contributed by atoms with E-state index in [2.05, 4.69) is 16.3 Å². The Labute approximate surface area is 224 Å². The Morgan fingerprint density at radius 2 is 1.92 bits per heavy atom. The van der Waals surface area contributed by atoms with Crippen LogP contribution in [-0.4, -0.2) is 65.3 Å². The van der Waals surface area contributed by atoms with Crippen LogP contribution >= 0.6 is 34.5 Å². The third kappa shape index (κ3) is 5.02. The zero-order valence-corrected chi connectivity index (χ0v) is 22.1. The largest absolute Gasteiger partial charge is 0.338 e. The van der Waals surface area contributed by atoms with E-state index < -0.39 is 0 Å². The van der Waals surface area contributed by atoms with Gasteiger partial charge in [-0.15, -0.1) is 11.3 Å². The highest BCUT2D eigenvalue weighted by atomic mass is 35.5. The predicted octanol–water partition coefficient (Wildman–Crippen LogP) is 5.51. The second kappa shape index (κ2) is 10.5. The van der Waals surface area contributed by atoms with Gasteiger partial charge in [0.25, 0.3) is 5.91 Å². The molecule has 0 aliphatic carbocycles. The van der Waals surface area contributed by atoms with E-state index in [-0.39, 0.29) is 36.3 Å². The molecule has 0 saturated carbocycles. The minimum absolute atomic E-state index is 0.0126. The fourth-order valence-electron chi connectivity index (χ4n) is 5.18. The molecule has 2 aliphatic rings. The number of carbonyl (C=O) groups excluding carboxylic acids is 2. The molecule has 2 atom stereocenters. The van der Waals surface area contributed by atoms with Gasteiger partial charge in [-0.1, -0.05) is 35.3 Å². The number of hydrogen-bond acceptors (Lipinski definition) is 4. The lowest BCUT2D eigenvalue weighted by molar-refractivity contribution is -0.135. The van der Waals surface area contributed by atoms with Gasteiger partial charge in [0.2, 0.25) is 5.91 Å². The van der Waals surface area contributed by atoms with E-state index in [1.165, 1.54) is 10.9 Å². The molecule has 3 aromatic rings. The van der Waals surface area contributed by atoms with Gasteiger partial charge in [-0.3, -0.25) is 14.5 Å². The van der Waals surface area contributed by atoms with Crippen LogP contribution in [0.2, 0.25) is 10.0 Å². The maximum absolute atomic E-state index is 14.1. The van der Waals surface area contributed by atoms with Crippen LogP contribution in [0.25, 0.3) is 0 Å². The van der Waals surface area contributed by atoms with Crippen molar-refractivity contribution in [2.45, 2.75) is 25.4 Å². The van der Waals surface area contributed by atoms with Crippen molar-refractivity contribution in [3.63, 3.8) is 0 Å². The van der Waals surface area contributed by atoms with Crippen LogP contribution in [0.1, 0.15) is 39.3 Å². The Kier molecular flexibility index (Phi) is 7.35. The van der Waals surface area contributed by atoms with E-state index in [1.807, 2.05) is 17.9 Å². The summed E-state index contributed by atoms with van der Waals surface area (Å²) in [5.74, 6) is -0.432. The minimum Gasteiger partial charge on any atom is -0.338 e. The molecule has 5 nitrogen and oxygen atoms in total. The second-order valence-electron chi connectivity index (χ2n) is 9.29. The van der Waals surface area contributed by atoms with E-state index in [0.717, 1.165) is 24.1 Å². The van der Waals surface area contributed by atoms with Crippen molar-refractivity contribution in [3.8, 4) is 0 Å². The average molecular weight is 546 g/mol. The van der Waals surface area contributed by atoms with Gasteiger partial charge in [0.05, 0.1) is 23.2 Å². The van der Waals surface area contributed by atoms with Crippen molar-refractivity contribution >= 4 is 46.4 Å².